The average molecular weight is 307 g/mol. The van der Waals surface area contributed by atoms with Crippen molar-refractivity contribution in [1.29, 1.82) is 0 Å². The van der Waals surface area contributed by atoms with Crippen LogP contribution in [0.25, 0.3) is 0 Å². The number of halogens is 1. The van der Waals surface area contributed by atoms with Gasteiger partial charge in [0.15, 0.2) is 0 Å². The number of hydrogen-bond donors (Lipinski definition) is 2. The van der Waals surface area contributed by atoms with Gasteiger partial charge in [-0.1, -0.05) is 25.4 Å². The molecule has 0 atom stereocenters. The van der Waals surface area contributed by atoms with Gasteiger partial charge in [0.05, 0.1) is 4.90 Å². The van der Waals surface area contributed by atoms with Gasteiger partial charge in [-0.2, -0.15) is 0 Å². The molecule has 2 N–H and O–H groups in total. The number of aliphatic hydroxyl groups is 1. The van der Waals surface area contributed by atoms with Gasteiger partial charge in [0.2, 0.25) is 10.0 Å². The molecule has 1 aromatic rings. The Kier molecular flexibility index (Phi) is 5.73. The second-order valence-electron chi connectivity index (χ2n) is 4.50. The Morgan fingerprint density at radius 1 is 1.42 bits per heavy atom. The number of sulfonamides is 1. The zero-order valence-electron chi connectivity index (χ0n) is 11.1. The number of hydrogen-bond acceptors (Lipinski definition) is 4. The van der Waals surface area contributed by atoms with Crippen molar-refractivity contribution in [3.63, 3.8) is 0 Å². The van der Waals surface area contributed by atoms with Gasteiger partial charge in [0, 0.05) is 24.8 Å². The highest BCUT2D eigenvalue weighted by Gasteiger charge is 2.27. The Morgan fingerprint density at radius 2 is 2.05 bits per heavy atom. The Labute approximate surface area is 119 Å². The van der Waals surface area contributed by atoms with Gasteiger partial charge < -0.3 is 5.11 Å². The molecule has 0 aromatic carbocycles. The molecule has 0 aliphatic rings. The third-order valence-corrected chi connectivity index (χ3v) is 5.09. The van der Waals surface area contributed by atoms with E-state index in [0.29, 0.717) is 12.8 Å². The molecule has 0 amide bonds. The molecule has 0 radical (unpaired) electrons. The smallest absolute Gasteiger partial charge is 0.240 e. The lowest BCUT2D eigenvalue weighted by atomic mass is 9.84. The van der Waals surface area contributed by atoms with E-state index in [4.69, 9.17) is 11.6 Å². The van der Waals surface area contributed by atoms with Crippen molar-refractivity contribution in [2.45, 2.75) is 31.6 Å². The number of nitrogens with zero attached hydrogens (tertiary/aromatic N) is 1. The number of aliphatic hydroxyl groups excluding tert-OH is 1. The molecule has 19 heavy (non-hydrogen) atoms. The maximum Gasteiger partial charge on any atom is 0.240 e. The van der Waals surface area contributed by atoms with Crippen LogP contribution in [0.1, 0.15) is 26.7 Å². The van der Waals surface area contributed by atoms with E-state index in [0.717, 1.165) is 0 Å². The maximum absolute atomic E-state index is 12.1. The molecule has 0 aliphatic heterocycles. The van der Waals surface area contributed by atoms with E-state index < -0.39 is 15.4 Å². The second kappa shape index (κ2) is 6.65. The third kappa shape index (κ3) is 4.14. The summed E-state index contributed by atoms with van der Waals surface area (Å²) in [7, 11) is -3.63. The van der Waals surface area contributed by atoms with Gasteiger partial charge in [0.25, 0.3) is 0 Å². The van der Waals surface area contributed by atoms with Crippen LogP contribution in [0, 0.1) is 5.41 Å². The van der Waals surface area contributed by atoms with E-state index in [1.807, 2.05) is 13.8 Å². The highest BCUT2D eigenvalue weighted by atomic mass is 35.5. The standard InChI is InChI=1S/C12H19ClN2O3S/c1-3-12(4-2,9-16)8-15-19(17,18)10-5-6-14-11(13)7-10/h5-7,15-16H,3-4,8-9H2,1-2H3. The Bertz CT molecular complexity index is 507. The monoisotopic (exact) mass is 306 g/mol. The van der Waals surface area contributed by atoms with Crippen molar-refractivity contribution in [2.24, 2.45) is 5.41 Å². The van der Waals surface area contributed by atoms with Crippen LogP contribution in [0.2, 0.25) is 5.15 Å². The summed E-state index contributed by atoms with van der Waals surface area (Å²) in [5.74, 6) is 0. The van der Waals surface area contributed by atoms with E-state index in [1.165, 1.54) is 18.3 Å². The summed E-state index contributed by atoms with van der Waals surface area (Å²) in [5.41, 5.74) is -0.427. The molecule has 0 aliphatic carbocycles. The summed E-state index contributed by atoms with van der Waals surface area (Å²) in [6.45, 7) is 3.99. The van der Waals surface area contributed by atoms with Gasteiger partial charge >= 0.3 is 0 Å². The number of rotatable bonds is 7. The first-order valence-corrected chi connectivity index (χ1v) is 7.97. The minimum atomic E-state index is -3.63. The highest BCUT2D eigenvalue weighted by molar-refractivity contribution is 7.89. The zero-order valence-corrected chi connectivity index (χ0v) is 12.6. The summed E-state index contributed by atoms with van der Waals surface area (Å²) in [6, 6.07) is 2.68. The van der Waals surface area contributed by atoms with Crippen LogP contribution in [-0.2, 0) is 10.0 Å². The molecule has 0 unspecified atom stereocenters. The predicted molar refractivity (Wildman–Crippen MR) is 74.5 cm³/mol. The maximum atomic E-state index is 12.1. The quantitative estimate of drug-likeness (QED) is 0.753. The van der Waals surface area contributed by atoms with Crippen LogP contribution in [0.3, 0.4) is 0 Å². The zero-order chi connectivity index (χ0) is 14.5. The summed E-state index contributed by atoms with van der Waals surface area (Å²) < 4.78 is 26.7. The van der Waals surface area contributed by atoms with Crippen LogP contribution in [0.5, 0.6) is 0 Å². The Hall–Kier alpha value is -0.690. The van der Waals surface area contributed by atoms with Crippen LogP contribution in [0.4, 0.5) is 0 Å². The number of aromatic nitrogens is 1. The SMILES string of the molecule is CCC(CC)(CO)CNS(=O)(=O)c1ccnc(Cl)c1. The second-order valence-corrected chi connectivity index (χ2v) is 6.66. The van der Waals surface area contributed by atoms with E-state index >= 15 is 0 Å². The summed E-state index contributed by atoms with van der Waals surface area (Å²) in [4.78, 5) is 3.82. The topological polar surface area (TPSA) is 79.3 Å². The highest BCUT2D eigenvalue weighted by Crippen LogP contribution is 2.25. The fourth-order valence-electron chi connectivity index (χ4n) is 1.66. The van der Waals surface area contributed by atoms with E-state index in [2.05, 4.69) is 9.71 Å². The largest absolute Gasteiger partial charge is 0.396 e. The van der Waals surface area contributed by atoms with Crippen molar-refractivity contribution >= 4 is 21.6 Å². The molecular formula is C12H19ClN2O3S. The first kappa shape index (κ1) is 16.4. The van der Waals surface area contributed by atoms with Crippen molar-refractivity contribution in [1.82, 2.24) is 9.71 Å². The molecule has 0 saturated carbocycles. The van der Waals surface area contributed by atoms with Crippen molar-refractivity contribution < 1.29 is 13.5 Å². The molecule has 1 aromatic heterocycles. The Balaban J connectivity index is 2.87. The lowest BCUT2D eigenvalue weighted by molar-refractivity contribution is 0.119. The summed E-state index contributed by atoms with van der Waals surface area (Å²) in [6.07, 6.45) is 2.73. The van der Waals surface area contributed by atoms with E-state index in [9.17, 15) is 13.5 Å². The Morgan fingerprint density at radius 3 is 2.53 bits per heavy atom. The van der Waals surface area contributed by atoms with Crippen LogP contribution < -0.4 is 4.72 Å². The van der Waals surface area contributed by atoms with E-state index in [-0.39, 0.29) is 23.2 Å². The fourth-order valence-corrected chi connectivity index (χ4v) is 3.07. The number of pyridine rings is 1. The first-order chi connectivity index (χ1) is 8.89. The van der Waals surface area contributed by atoms with Gasteiger partial charge in [-0.25, -0.2) is 18.1 Å². The van der Waals surface area contributed by atoms with Gasteiger partial charge in [-0.3, -0.25) is 0 Å². The van der Waals surface area contributed by atoms with Gasteiger partial charge in [-0.15, -0.1) is 0 Å². The molecule has 0 bridgehead atoms. The fraction of sp³-hybridized carbons (Fsp3) is 0.583. The van der Waals surface area contributed by atoms with Crippen molar-refractivity contribution in [2.75, 3.05) is 13.2 Å². The number of nitrogens with one attached hydrogen (secondary N) is 1. The van der Waals surface area contributed by atoms with Gasteiger partial charge in [0.1, 0.15) is 5.15 Å². The summed E-state index contributed by atoms with van der Waals surface area (Å²) >= 11 is 5.68. The molecule has 5 nitrogen and oxygen atoms in total. The first-order valence-electron chi connectivity index (χ1n) is 6.11. The van der Waals surface area contributed by atoms with Crippen LogP contribution in [-0.4, -0.2) is 31.7 Å². The van der Waals surface area contributed by atoms with Gasteiger partial charge in [-0.05, 0) is 25.0 Å². The summed E-state index contributed by atoms with van der Waals surface area (Å²) in [5, 5.41) is 9.55. The van der Waals surface area contributed by atoms with E-state index in [1.54, 1.807) is 0 Å². The molecule has 108 valence electrons. The molecule has 7 heteroatoms. The molecular weight excluding hydrogens is 288 g/mol. The van der Waals surface area contributed by atoms with Crippen LogP contribution in [0.15, 0.2) is 23.2 Å². The van der Waals surface area contributed by atoms with Crippen molar-refractivity contribution in [3.8, 4) is 0 Å². The van der Waals surface area contributed by atoms with Crippen LogP contribution >= 0.6 is 11.6 Å². The third-order valence-electron chi connectivity index (χ3n) is 3.48. The lowest BCUT2D eigenvalue weighted by Crippen LogP contribution is -2.39. The molecule has 1 heterocycles. The van der Waals surface area contributed by atoms with Crippen molar-refractivity contribution in [3.05, 3.63) is 23.5 Å². The minimum Gasteiger partial charge on any atom is -0.396 e. The molecule has 1 rings (SSSR count). The predicted octanol–water partition coefficient (Wildman–Crippen LogP) is 1.81. The molecule has 0 saturated heterocycles. The average Bonchev–Trinajstić information content (AvgIpc) is 2.41. The minimum absolute atomic E-state index is 0.0559. The molecule has 0 fully saturated rings. The normalized spacial score (nSPS) is 12.6. The lowest BCUT2D eigenvalue weighted by Gasteiger charge is -2.29. The molecule has 0 spiro atoms.